The van der Waals surface area contributed by atoms with Gasteiger partial charge in [-0.3, -0.25) is 19.6 Å². The third-order valence-corrected chi connectivity index (χ3v) is 5.54. The molecule has 0 saturated carbocycles. The van der Waals surface area contributed by atoms with Crippen molar-refractivity contribution in [3.05, 3.63) is 99.2 Å². The predicted octanol–water partition coefficient (Wildman–Crippen LogP) is 2.51. The second-order valence-electron chi connectivity index (χ2n) is 7.63. The van der Waals surface area contributed by atoms with Crippen molar-refractivity contribution in [1.82, 2.24) is 14.5 Å². The van der Waals surface area contributed by atoms with Gasteiger partial charge in [0.1, 0.15) is 0 Å². The Balaban J connectivity index is 1.93. The lowest BCUT2D eigenvalue weighted by Crippen LogP contribution is -2.23. The quantitative estimate of drug-likeness (QED) is 0.394. The van der Waals surface area contributed by atoms with Crippen molar-refractivity contribution in [2.24, 2.45) is 0 Å². The number of hydrogen-bond acceptors (Lipinski definition) is 4. The van der Waals surface area contributed by atoms with Crippen LogP contribution in [0.1, 0.15) is 45.8 Å². The Labute approximate surface area is 175 Å². The summed E-state index contributed by atoms with van der Waals surface area (Å²) in [6, 6.07) is 14.9. The van der Waals surface area contributed by atoms with E-state index in [0.717, 1.165) is 28.1 Å². The Morgan fingerprint density at radius 1 is 1.10 bits per heavy atom. The maximum Gasteiger partial charge on any atom is 0.200 e. The first-order valence-corrected chi connectivity index (χ1v) is 9.92. The van der Waals surface area contributed by atoms with Crippen LogP contribution in [-0.2, 0) is 0 Å². The SMILES string of the molecule is Bc1cccc(C(C)n2cc(C(=O)c3cnc(C)c(C)c3)c(=O)c3ccccc32)n1. The predicted molar refractivity (Wildman–Crippen MR) is 122 cm³/mol. The number of aryl methyl sites for hydroxylation is 2. The van der Waals surface area contributed by atoms with Gasteiger partial charge in [0.05, 0.1) is 22.8 Å². The fraction of sp³-hybridized carbons (Fsp3) is 0.167. The standard InChI is InChI=1S/C24H22BN3O2/c1-14-11-17(12-26-15(14)2)23(29)19-13-28(16(3)20-8-6-10-22(25)27-20)21-9-5-4-7-18(21)24(19)30/h4-13,16H,25H2,1-3H3. The van der Waals surface area contributed by atoms with Crippen LogP contribution in [0.3, 0.4) is 0 Å². The second-order valence-corrected chi connectivity index (χ2v) is 7.63. The van der Waals surface area contributed by atoms with E-state index in [-0.39, 0.29) is 22.8 Å². The van der Waals surface area contributed by atoms with Crippen LogP contribution < -0.4 is 11.0 Å². The summed E-state index contributed by atoms with van der Waals surface area (Å²) in [6.45, 7) is 5.82. The lowest BCUT2D eigenvalue weighted by atomic mass is 10.0. The van der Waals surface area contributed by atoms with Gasteiger partial charge in [0, 0.05) is 29.0 Å². The Kier molecular flexibility index (Phi) is 5.08. The van der Waals surface area contributed by atoms with Crippen LogP contribution in [0.15, 0.2) is 65.7 Å². The number of carbonyl (C=O) groups is 1. The molecule has 1 unspecified atom stereocenters. The number of rotatable bonds is 4. The first-order valence-electron chi connectivity index (χ1n) is 9.92. The molecule has 0 saturated heterocycles. The largest absolute Gasteiger partial charge is 0.338 e. The number of benzene rings is 1. The van der Waals surface area contributed by atoms with Crippen molar-refractivity contribution < 1.29 is 4.79 Å². The maximum absolute atomic E-state index is 13.3. The maximum atomic E-state index is 13.3. The van der Waals surface area contributed by atoms with Gasteiger partial charge in [-0.05, 0) is 56.2 Å². The summed E-state index contributed by atoms with van der Waals surface area (Å²) >= 11 is 0. The van der Waals surface area contributed by atoms with E-state index in [9.17, 15) is 9.59 Å². The molecule has 5 nitrogen and oxygen atoms in total. The number of pyridine rings is 3. The van der Waals surface area contributed by atoms with Crippen LogP contribution in [0, 0.1) is 13.8 Å². The summed E-state index contributed by atoms with van der Waals surface area (Å²) in [5.41, 5.74) is 4.62. The van der Waals surface area contributed by atoms with Crippen LogP contribution in [0.4, 0.5) is 0 Å². The second kappa shape index (κ2) is 7.71. The molecule has 0 amide bonds. The van der Waals surface area contributed by atoms with E-state index in [1.165, 1.54) is 6.20 Å². The molecule has 148 valence electrons. The first kappa shape index (κ1) is 19.8. The van der Waals surface area contributed by atoms with Crippen molar-refractivity contribution in [1.29, 1.82) is 0 Å². The van der Waals surface area contributed by atoms with Crippen molar-refractivity contribution in [3.8, 4) is 0 Å². The van der Waals surface area contributed by atoms with E-state index in [1.54, 1.807) is 18.3 Å². The highest BCUT2D eigenvalue weighted by atomic mass is 16.1. The third-order valence-electron chi connectivity index (χ3n) is 5.54. The van der Waals surface area contributed by atoms with Gasteiger partial charge in [0.15, 0.2) is 13.6 Å². The minimum absolute atomic E-state index is 0.137. The molecule has 0 radical (unpaired) electrons. The minimum atomic E-state index is -0.320. The zero-order valence-electron chi connectivity index (χ0n) is 17.5. The van der Waals surface area contributed by atoms with Gasteiger partial charge in [-0.2, -0.15) is 0 Å². The zero-order chi connectivity index (χ0) is 21.4. The van der Waals surface area contributed by atoms with E-state index in [2.05, 4.69) is 9.97 Å². The van der Waals surface area contributed by atoms with Gasteiger partial charge in [0.2, 0.25) is 5.43 Å². The Morgan fingerprint density at radius 3 is 2.60 bits per heavy atom. The van der Waals surface area contributed by atoms with Crippen LogP contribution in [0.2, 0.25) is 0 Å². The number of hydrogen-bond donors (Lipinski definition) is 0. The van der Waals surface area contributed by atoms with Gasteiger partial charge in [0.25, 0.3) is 0 Å². The summed E-state index contributed by atoms with van der Waals surface area (Å²) in [7, 11) is 1.95. The molecule has 0 aliphatic carbocycles. The van der Waals surface area contributed by atoms with E-state index in [0.29, 0.717) is 10.9 Å². The summed E-state index contributed by atoms with van der Waals surface area (Å²) in [5.74, 6) is -0.320. The van der Waals surface area contributed by atoms with Gasteiger partial charge >= 0.3 is 0 Å². The molecule has 0 aliphatic rings. The average Bonchev–Trinajstić information content (AvgIpc) is 2.75. The summed E-state index contributed by atoms with van der Waals surface area (Å²) < 4.78 is 1.96. The topological polar surface area (TPSA) is 64.8 Å². The smallest absolute Gasteiger partial charge is 0.200 e. The van der Waals surface area contributed by atoms with E-state index in [4.69, 9.17) is 0 Å². The van der Waals surface area contributed by atoms with E-state index >= 15 is 0 Å². The Hall–Kier alpha value is -3.54. The van der Waals surface area contributed by atoms with Crippen LogP contribution in [0.25, 0.3) is 10.9 Å². The molecular formula is C24H22BN3O2. The molecule has 0 N–H and O–H groups in total. The molecule has 30 heavy (non-hydrogen) atoms. The van der Waals surface area contributed by atoms with Crippen molar-refractivity contribution in [3.63, 3.8) is 0 Å². The molecule has 3 aromatic heterocycles. The first-order chi connectivity index (χ1) is 14.4. The highest BCUT2D eigenvalue weighted by molar-refractivity contribution is 6.30. The average molecular weight is 395 g/mol. The number of fused-ring (bicyclic) bond motifs is 1. The number of carbonyl (C=O) groups excluding carboxylic acids is 1. The molecule has 1 atom stereocenters. The number of ketones is 1. The van der Waals surface area contributed by atoms with Gasteiger partial charge in [-0.25, -0.2) is 0 Å². The Bertz CT molecular complexity index is 1340. The highest BCUT2D eigenvalue weighted by Gasteiger charge is 2.20. The lowest BCUT2D eigenvalue weighted by molar-refractivity contribution is 0.103. The molecule has 3 heterocycles. The van der Waals surface area contributed by atoms with Gasteiger partial charge in [-0.15, -0.1) is 0 Å². The fourth-order valence-corrected chi connectivity index (χ4v) is 3.65. The van der Waals surface area contributed by atoms with Gasteiger partial charge in [-0.1, -0.05) is 24.3 Å². The molecule has 0 spiro atoms. The molecule has 4 rings (SSSR count). The molecule has 4 aromatic rings. The highest BCUT2D eigenvalue weighted by Crippen LogP contribution is 2.22. The van der Waals surface area contributed by atoms with Crippen molar-refractivity contribution in [2.75, 3.05) is 0 Å². The van der Waals surface area contributed by atoms with Crippen LogP contribution in [-0.4, -0.2) is 28.2 Å². The minimum Gasteiger partial charge on any atom is -0.338 e. The third kappa shape index (κ3) is 3.45. The molecule has 1 aromatic carbocycles. The number of aromatic nitrogens is 3. The lowest BCUT2D eigenvalue weighted by Gasteiger charge is -2.20. The number of para-hydroxylation sites is 1. The molecule has 0 fully saturated rings. The molecule has 0 bridgehead atoms. The zero-order valence-corrected chi connectivity index (χ0v) is 17.5. The Morgan fingerprint density at radius 2 is 1.87 bits per heavy atom. The van der Waals surface area contributed by atoms with E-state index in [1.807, 2.05) is 69.6 Å². The molecular weight excluding hydrogens is 373 g/mol. The van der Waals surface area contributed by atoms with Gasteiger partial charge < -0.3 is 4.57 Å². The monoisotopic (exact) mass is 395 g/mol. The molecule has 0 aliphatic heterocycles. The summed E-state index contributed by atoms with van der Waals surface area (Å²) in [5, 5.41) is 0.514. The van der Waals surface area contributed by atoms with Crippen LogP contribution in [0.5, 0.6) is 0 Å². The fourth-order valence-electron chi connectivity index (χ4n) is 3.65. The summed E-state index contributed by atoms with van der Waals surface area (Å²) in [6.07, 6.45) is 3.20. The van der Waals surface area contributed by atoms with Crippen LogP contribution >= 0.6 is 0 Å². The van der Waals surface area contributed by atoms with E-state index < -0.39 is 0 Å². The normalized spacial score (nSPS) is 12.1. The van der Waals surface area contributed by atoms with Crippen molar-refractivity contribution >= 4 is 30.1 Å². The van der Waals surface area contributed by atoms with Crippen molar-refractivity contribution in [2.45, 2.75) is 26.8 Å². The summed E-state index contributed by atoms with van der Waals surface area (Å²) in [4.78, 5) is 35.4. The number of nitrogens with zero attached hydrogens (tertiary/aromatic N) is 3. The molecule has 6 heteroatoms.